The molecule has 0 aliphatic carbocycles. The Bertz CT molecular complexity index is 854. The van der Waals surface area contributed by atoms with E-state index < -0.39 is 0 Å². The number of imidazole rings is 1. The highest BCUT2D eigenvalue weighted by Crippen LogP contribution is 2.19. The Morgan fingerprint density at radius 3 is 2.46 bits per heavy atom. The Morgan fingerprint density at radius 2 is 1.73 bits per heavy atom. The average molecular weight is 351 g/mol. The number of carbonyl (C=O) groups excluding carboxylic acids is 1. The monoisotopic (exact) mass is 351 g/mol. The van der Waals surface area contributed by atoms with Crippen molar-refractivity contribution >= 4 is 16.9 Å². The second-order valence-electron chi connectivity index (χ2n) is 6.12. The maximum absolute atomic E-state index is 12.9. The number of nitrogens with zero attached hydrogens (tertiary/aromatic N) is 3. The Kier molecular flexibility index (Phi) is 6.02. The van der Waals surface area contributed by atoms with Crippen LogP contribution in [0.2, 0.25) is 0 Å². The molecule has 136 valence electrons. The van der Waals surface area contributed by atoms with Gasteiger partial charge < -0.3 is 9.64 Å². The fourth-order valence-corrected chi connectivity index (χ4v) is 3.02. The molecule has 2 aromatic carbocycles. The van der Waals surface area contributed by atoms with Gasteiger partial charge in [0.15, 0.2) is 5.82 Å². The standard InChI is InChI=1S/C21H25N3O2/c1-3-23(4-2)15-14-21(25)24-19-13-9-8-12-18(19)22-20(24)16-26-17-10-6-5-7-11-17/h5-13H,3-4,14-16H2,1-2H3. The summed E-state index contributed by atoms with van der Waals surface area (Å²) in [6, 6.07) is 17.3. The van der Waals surface area contributed by atoms with Gasteiger partial charge >= 0.3 is 0 Å². The molecule has 5 heteroatoms. The number of rotatable bonds is 8. The Morgan fingerprint density at radius 1 is 1.04 bits per heavy atom. The first-order valence-electron chi connectivity index (χ1n) is 9.12. The molecule has 26 heavy (non-hydrogen) atoms. The largest absolute Gasteiger partial charge is 0.486 e. The van der Waals surface area contributed by atoms with Crippen LogP contribution >= 0.6 is 0 Å². The predicted octanol–water partition coefficient (Wildman–Crippen LogP) is 3.99. The third-order valence-electron chi connectivity index (χ3n) is 4.53. The van der Waals surface area contributed by atoms with E-state index in [1.807, 2.05) is 54.6 Å². The molecule has 1 heterocycles. The first-order chi connectivity index (χ1) is 12.7. The van der Waals surface area contributed by atoms with Gasteiger partial charge in [-0.3, -0.25) is 9.36 Å². The number of para-hydroxylation sites is 3. The number of fused-ring (bicyclic) bond motifs is 1. The maximum Gasteiger partial charge on any atom is 0.233 e. The molecule has 0 unspecified atom stereocenters. The number of benzene rings is 2. The molecule has 3 aromatic rings. The molecular weight excluding hydrogens is 326 g/mol. The summed E-state index contributed by atoms with van der Waals surface area (Å²) in [6.07, 6.45) is 0.459. The smallest absolute Gasteiger partial charge is 0.233 e. The molecule has 3 rings (SSSR count). The Labute approximate surface area is 154 Å². The third-order valence-corrected chi connectivity index (χ3v) is 4.53. The molecular formula is C21H25N3O2. The lowest BCUT2D eigenvalue weighted by Crippen LogP contribution is -2.27. The van der Waals surface area contributed by atoms with E-state index in [1.165, 1.54) is 0 Å². The summed E-state index contributed by atoms with van der Waals surface area (Å²) in [5.74, 6) is 1.46. The molecule has 0 fully saturated rings. The molecule has 5 nitrogen and oxygen atoms in total. The molecule has 0 bridgehead atoms. The minimum atomic E-state index is 0.0530. The van der Waals surface area contributed by atoms with E-state index in [0.717, 1.165) is 36.4 Å². The summed E-state index contributed by atoms with van der Waals surface area (Å²) in [6.45, 7) is 7.11. The lowest BCUT2D eigenvalue weighted by atomic mass is 10.3. The highest BCUT2D eigenvalue weighted by molar-refractivity contribution is 5.91. The molecule has 0 atom stereocenters. The SMILES string of the molecule is CCN(CC)CCC(=O)n1c(COc2ccccc2)nc2ccccc21. The normalized spacial score (nSPS) is 11.2. The summed E-state index contributed by atoms with van der Waals surface area (Å²) in [5, 5.41) is 0. The van der Waals surface area contributed by atoms with Gasteiger partial charge in [-0.2, -0.15) is 0 Å². The fourth-order valence-electron chi connectivity index (χ4n) is 3.02. The van der Waals surface area contributed by atoms with Crippen molar-refractivity contribution < 1.29 is 9.53 Å². The van der Waals surface area contributed by atoms with Crippen molar-refractivity contribution in [1.82, 2.24) is 14.5 Å². The fraction of sp³-hybridized carbons (Fsp3) is 0.333. The lowest BCUT2D eigenvalue weighted by molar-refractivity contribution is 0.0882. The van der Waals surface area contributed by atoms with Crippen LogP contribution in [0, 0.1) is 0 Å². The van der Waals surface area contributed by atoms with Gasteiger partial charge in [-0.15, -0.1) is 0 Å². The van der Waals surface area contributed by atoms with E-state index in [1.54, 1.807) is 4.57 Å². The van der Waals surface area contributed by atoms with Crippen LogP contribution in [0.5, 0.6) is 5.75 Å². The zero-order valence-electron chi connectivity index (χ0n) is 15.4. The van der Waals surface area contributed by atoms with Crippen LogP contribution in [-0.4, -0.2) is 40.0 Å². The van der Waals surface area contributed by atoms with Gasteiger partial charge in [0.2, 0.25) is 5.91 Å². The van der Waals surface area contributed by atoms with Gasteiger partial charge in [0.25, 0.3) is 0 Å². The molecule has 0 radical (unpaired) electrons. The van der Waals surface area contributed by atoms with Crippen LogP contribution < -0.4 is 4.74 Å². The van der Waals surface area contributed by atoms with E-state index in [4.69, 9.17) is 4.74 Å². The van der Waals surface area contributed by atoms with Crippen molar-refractivity contribution in [3.63, 3.8) is 0 Å². The van der Waals surface area contributed by atoms with Crippen LogP contribution in [0.15, 0.2) is 54.6 Å². The van der Waals surface area contributed by atoms with Crippen molar-refractivity contribution in [1.29, 1.82) is 0 Å². The third kappa shape index (κ3) is 4.11. The number of carbonyl (C=O) groups is 1. The van der Waals surface area contributed by atoms with Gasteiger partial charge in [-0.1, -0.05) is 44.2 Å². The van der Waals surface area contributed by atoms with Gasteiger partial charge in [0.05, 0.1) is 11.0 Å². The second-order valence-corrected chi connectivity index (χ2v) is 6.12. The quantitative estimate of drug-likeness (QED) is 0.616. The van der Waals surface area contributed by atoms with Crippen LogP contribution in [0.3, 0.4) is 0 Å². The Balaban J connectivity index is 1.83. The minimum Gasteiger partial charge on any atom is -0.486 e. The highest BCUT2D eigenvalue weighted by Gasteiger charge is 2.17. The molecule has 0 amide bonds. The van der Waals surface area contributed by atoms with Crippen LogP contribution in [-0.2, 0) is 6.61 Å². The van der Waals surface area contributed by atoms with Gasteiger partial charge in [-0.25, -0.2) is 4.98 Å². The topological polar surface area (TPSA) is 47.4 Å². The van der Waals surface area contributed by atoms with E-state index in [-0.39, 0.29) is 12.5 Å². The van der Waals surface area contributed by atoms with Crippen molar-refractivity contribution in [2.24, 2.45) is 0 Å². The minimum absolute atomic E-state index is 0.0530. The van der Waals surface area contributed by atoms with E-state index in [9.17, 15) is 4.79 Å². The summed E-state index contributed by atoms with van der Waals surface area (Å²) < 4.78 is 7.54. The van der Waals surface area contributed by atoms with Crippen molar-refractivity contribution in [3.8, 4) is 5.75 Å². The molecule has 0 aliphatic heterocycles. The van der Waals surface area contributed by atoms with E-state index >= 15 is 0 Å². The first kappa shape index (κ1) is 18.1. The summed E-state index contributed by atoms with van der Waals surface area (Å²) >= 11 is 0. The molecule has 0 saturated carbocycles. The van der Waals surface area contributed by atoms with Crippen LogP contribution in [0.4, 0.5) is 0 Å². The van der Waals surface area contributed by atoms with Crippen LogP contribution in [0.25, 0.3) is 11.0 Å². The summed E-state index contributed by atoms with van der Waals surface area (Å²) in [5.41, 5.74) is 1.65. The molecule has 0 saturated heterocycles. The summed E-state index contributed by atoms with van der Waals surface area (Å²) in [4.78, 5) is 19.8. The molecule has 0 N–H and O–H groups in total. The van der Waals surface area contributed by atoms with Gasteiger partial charge in [0.1, 0.15) is 12.4 Å². The zero-order chi connectivity index (χ0) is 18.4. The molecule has 1 aromatic heterocycles. The van der Waals surface area contributed by atoms with Crippen LogP contribution in [0.1, 0.15) is 30.9 Å². The first-order valence-corrected chi connectivity index (χ1v) is 9.12. The van der Waals surface area contributed by atoms with E-state index in [2.05, 4.69) is 23.7 Å². The molecule has 0 aliphatic rings. The second kappa shape index (κ2) is 8.63. The average Bonchev–Trinajstić information content (AvgIpc) is 3.06. The number of aromatic nitrogens is 2. The van der Waals surface area contributed by atoms with E-state index in [0.29, 0.717) is 12.2 Å². The zero-order valence-corrected chi connectivity index (χ0v) is 15.4. The number of hydrogen-bond donors (Lipinski definition) is 0. The number of hydrogen-bond acceptors (Lipinski definition) is 4. The van der Waals surface area contributed by atoms with Gasteiger partial charge in [-0.05, 0) is 37.4 Å². The predicted molar refractivity (Wildman–Crippen MR) is 104 cm³/mol. The molecule has 0 spiro atoms. The van der Waals surface area contributed by atoms with Crippen molar-refractivity contribution in [3.05, 3.63) is 60.4 Å². The lowest BCUT2D eigenvalue weighted by Gasteiger charge is -2.17. The highest BCUT2D eigenvalue weighted by atomic mass is 16.5. The van der Waals surface area contributed by atoms with Crippen molar-refractivity contribution in [2.45, 2.75) is 26.9 Å². The Hall–Kier alpha value is -2.66. The van der Waals surface area contributed by atoms with Gasteiger partial charge in [0, 0.05) is 13.0 Å². The maximum atomic E-state index is 12.9. The number of ether oxygens (including phenoxy) is 1. The summed E-state index contributed by atoms with van der Waals surface area (Å²) in [7, 11) is 0. The van der Waals surface area contributed by atoms with Crippen molar-refractivity contribution in [2.75, 3.05) is 19.6 Å².